The summed E-state index contributed by atoms with van der Waals surface area (Å²) in [6.07, 6.45) is 1.78. The molecule has 0 aliphatic carbocycles. The number of para-hydroxylation sites is 1. The molecule has 4 rings (SSSR count). The summed E-state index contributed by atoms with van der Waals surface area (Å²) in [5.74, 6) is 1.36. The van der Waals surface area contributed by atoms with Crippen molar-refractivity contribution in [1.82, 2.24) is 10.6 Å². The largest absolute Gasteiger partial charge is 0.504 e. The number of aromatic hydroxyl groups is 1. The molecule has 0 amide bonds. The van der Waals surface area contributed by atoms with E-state index in [1.165, 1.54) is 0 Å². The molecule has 0 saturated heterocycles. The van der Waals surface area contributed by atoms with Crippen molar-refractivity contribution in [1.29, 1.82) is 0 Å². The van der Waals surface area contributed by atoms with Gasteiger partial charge in [0.25, 0.3) is 0 Å². The molecule has 5 nitrogen and oxygen atoms in total. The highest BCUT2D eigenvalue weighted by molar-refractivity contribution is 6.31. The number of benzene rings is 3. The summed E-state index contributed by atoms with van der Waals surface area (Å²) in [5, 5.41) is 18.6. The van der Waals surface area contributed by atoms with Crippen LogP contribution in [0.5, 0.6) is 17.2 Å². The Morgan fingerprint density at radius 2 is 1.77 bits per heavy atom. The van der Waals surface area contributed by atoms with Crippen molar-refractivity contribution in [2.24, 2.45) is 0 Å². The minimum Gasteiger partial charge on any atom is -0.504 e. The number of halogens is 1. The van der Waals surface area contributed by atoms with Crippen molar-refractivity contribution < 1.29 is 14.6 Å². The van der Waals surface area contributed by atoms with Gasteiger partial charge in [0.05, 0.1) is 19.8 Å². The molecule has 160 valence electrons. The number of ether oxygens (including phenoxy) is 2. The van der Waals surface area contributed by atoms with Crippen molar-refractivity contribution in [2.45, 2.75) is 19.1 Å². The number of hydrogen-bond acceptors (Lipinski definition) is 5. The van der Waals surface area contributed by atoms with Gasteiger partial charge >= 0.3 is 0 Å². The van der Waals surface area contributed by atoms with E-state index in [4.69, 9.17) is 21.1 Å². The Bertz CT molecular complexity index is 1100. The molecule has 0 bridgehead atoms. The van der Waals surface area contributed by atoms with Gasteiger partial charge in [-0.1, -0.05) is 54.1 Å². The average Bonchev–Trinajstić information content (AvgIpc) is 2.80. The van der Waals surface area contributed by atoms with Crippen LogP contribution in [0.15, 0.2) is 72.8 Å². The van der Waals surface area contributed by atoms with E-state index in [-0.39, 0.29) is 18.0 Å². The predicted octanol–water partition coefficient (Wildman–Crippen LogP) is 5.43. The van der Waals surface area contributed by atoms with Crippen LogP contribution >= 0.6 is 11.6 Å². The molecule has 0 aromatic heterocycles. The Kier molecular flexibility index (Phi) is 6.35. The third-order valence-electron chi connectivity index (χ3n) is 5.24. The van der Waals surface area contributed by atoms with Crippen LogP contribution in [-0.4, -0.2) is 18.8 Å². The quantitative estimate of drug-likeness (QED) is 0.481. The maximum atomic E-state index is 10.9. The number of phenols is 1. The average molecular weight is 437 g/mol. The highest BCUT2D eigenvalue weighted by atomic mass is 35.5. The lowest BCUT2D eigenvalue weighted by molar-refractivity contribution is 0.314. The summed E-state index contributed by atoms with van der Waals surface area (Å²) in [6.45, 7) is 2.37. The molecule has 2 unspecified atom stereocenters. The van der Waals surface area contributed by atoms with E-state index < -0.39 is 0 Å². The SMILES string of the molecule is CCOc1cccc(C2C=C(c3cccc(OC)c3)NC(c3ccccc3Cl)N2)c1O. The van der Waals surface area contributed by atoms with Crippen LogP contribution in [0, 0.1) is 0 Å². The summed E-state index contributed by atoms with van der Waals surface area (Å²) >= 11 is 6.50. The topological polar surface area (TPSA) is 62.8 Å². The molecule has 1 aliphatic heterocycles. The second kappa shape index (κ2) is 9.33. The van der Waals surface area contributed by atoms with Gasteiger partial charge in [-0.05, 0) is 37.3 Å². The molecule has 0 radical (unpaired) electrons. The first-order valence-corrected chi connectivity index (χ1v) is 10.6. The highest BCUT2D eigenvalue weighted by Gasteiger charge is 2.27. The van der Waals surface area contributed by atoms with E-state index in [0.717, 1.165) is 28.1 Å². The van der Waals surface area contributed by atoms with Crippen LogP contribution < -0.4 is 20.1 Å². The zero-order valence-electron chi connectivity index (χ0n) is 17.4. The molecule has 1 heterocycles. The first-order valence-electron chi connectivity index (χ1n) is 10.2. The molecule has 6 heteroatoms. The molecule has 0 fully saturated rings. The van der Waals surface area contributed by atoms with Gasteiger partial charge in [0.2, 0.25) is 0 Å². The van der Waals surface area contributed by atoms with Gasteiger partial charge in [-0.15, -0.1) is 0 Å². The van der Waals surface area contributed by atoms with Crippen LogP contribution in [0.3, 0.4) is 0 Å². The Balaban J connectivity index is 1.79. The van der Waals surface area contributed by atoms with Crippen LogP contribution in [0.25, 0.3) is 5.70 Å². The fourth-order valence-corrected chi connectivity index (χ4v) is 3.97. The summed E-state index contributed by atoms with van der Waals surface area (Å²) in [4.78, 5) is 0. The fraction of sp³-hybridized carbons (Fsp3) is 0.200. The predicted molar refractivity (Wildman–Crippen MR) is 123 cm³/mol. The molecular formula is C25H25ClN2O3. The third kappa shape index (κ3) is 4.48. The van der Waals surface area contributed by atoms with Gasteiger partial charge < -0.3 is 19.9 Å². The first-order chi connectivity index (χ1) is 15.1. The van der Waals surface area contributed by atoms with Gasteiger partial charge in [0.15, 0.2) is 11.5 Å². The maximum absolute atomic E-state index is 10.9. The smallest absolute Gasteiger partial charge is 0.162 e. The summed E-state index contributed by atoms with van der Waals surface area (Å²) < 4.78 is 11.0. The molecule has 3 aromatic rings. The zero-order chi connectivity index (χ0) is 21.8. The molecule has 0 saturated carbocycles. The Labute approximate surface area is 187 Å². The molecule has 3 N–H and O–H groups in total. The van der Waals surface area contributed by atoms with Gasteiger partial charge in [-0.25, -0.2) is 0 Å². The van der Waals surface area contributed by atoms with E-state index in [1.54, 1.807) is 13.2 Å². The number of rotatable bonds is 6. The van der Waals surface area contributed by atoms with Crippen LogP contribution in [0.4, 0.5) is 0 Å². The van der Waals surface area contributed by atoms with Gasteiger partial charge in [0, 0.05) is 27.4 Å². The molecule has 31 heavy (non-hydrogen) atoms. The monoisotopic (exact) mass is 436 g/mol. The van der Waals surface area contributed by atoms with Gasteiger partial charge in [0.1, 0.15) is 11.9 Å². The maximum Gasteiger partial charge on any atom is 0.162 e. The van der Waals surface area contributed by atoms with Gasteiger partial charge in [-0.2, -0.15) is 0 Å². The lowest BCUT2D eigenvalue weighted by Gasteiger charge is -2.34. The summed E-state index contributed by atoms with van der Waals surface area (Å²) in [7, 11) is 1.65. The molecule has 0 spiro atoms. The van der Waals surface area contributed by atoms with Crippen molar-refractivity contribution in [3.63, 3.8) is 0 Å². The lowest BCUT2D eigenvalue weighted by Crippen LogP contribution is -2.39. The summed E-state index contributed by atoms with van der Waals surface area (Å²) in [6, 6.07) is 20.8. The summed E-state index contributed by atoms with van der Waals surface area (Å²) in [5.41, 5.74) is 3.53. The van der Waals surface area contributed by atoms with Crippen molar-refractivity contribution in [3.05, 3.63) is 94.5 Å². The van der Waals surface area contributed by atoms with Crippen LogP contribution in [0.1, 0.15) is 35.8 Å². The minimum atomic E-state index is -0.274. The van der Waals surface area contributed by atoms with E-state index in [0.29, 0.717) is 17.4 Å². The molecule has 2 atom stereocenters. The van der Waals surface area contributed by atoms with Crippen molar-refractivity contribution >= 4 is 17.3 Å². The zero-order valence-corrected chi connectivity index (χ0v) is 18.2. The van der Waals surface area contributed by atoms with Gasteiger partial charge in [-0.3, -0.25) is 5.32 Å². The Morgan fingerprint density at radius 1 is 1.00 bits per heavy atom. The fourth-order valence-electron chi connectivity index (χ4n) is 3.73. The third-order valence-corrected chi connectivity index (χ3v) is 5.59. The molecule has 1 aliphatic rings. The van der Waals surface area contributed by atoms with E-state index in [9.17, 15) is 5.11 Å². The molecular weight excluding hydrogens is 412 g/mol. The lowest BCUT2D eigenvalue weighted by atomic mass is 9.97. The van der Waals surface area contributed by atoms with Crippen LogP contribution in [-0.2, 0) is 0 Å². The Hall–Kier alpha value is -3.15. The Morgan fingerprint density at radius 3 is 2.55 bits per heavy atom. The van der Waals surface area contributed by atoms with Crippen LogP contribution in [0.2, 0.25) is 5.02 Å². The van der Waals surface area contributed by atoms with Crippen molar-refractivity contribution in [3.8, 4) is 17.2 Å². The second-order valence-corrected chi connectivity index (χ2v) is 7.59. The number of methoxy groups -OCH3 is 1. The standard InChI is InChI=1S/C25H25ClN2O3/c1-3-31-23-13-7-11-19(24(23)29)22-15-21(16-8-6-9-17(14-16)30-2)27-25(28-22)18-10-4-5-12-20(18)26/h4-15,22,25,27-29H,3H2,1-2H3. The number of phenolic OH excluding ortho intramolecular Hbond substituents is 1. The number of hydrogen-bond donors (Lipinski definition) is 3. The van der Waals surface area contributed by atoms with E-state index >= 15 is 0 Å². The number of nitrogens with one attached hydrogen (secondary N) is 2. The first kappa shape index (κ1) is 21.1. The second-order valence-electron chi connectivity index (χ2n) is 7.18. The van der Waals surface area contributed by atoms with Crippen molar-refractivity contribution in [2.75, 3.05) is 13.7 Å². The normalized spacial score (nSPS) is 18.1. The minimum absolute atomic E-state index is 0.128. The highest BCUT2D eigenvalue weighted by Crippen LogP contribution is 2.39. The molecule has 3 aromatic carbocycles. The van der Waals surface area contributed by atoms with E-state index in [1.807, 2.05) is 73.7 Å². The van der Waals surface area contributed by atoms with E-state index in [2.05, 4.69) is 10.6 Å².